The van der Waals surface area contributed by atoms with Crippen molar-refractivity contribution in [2.24, 2.45) is 0 Å². The molecule has 2 rings (SSSR count). The van der Waals surface area contributed by atoms with E-state index in [4.69, 9.17) is 9.84 Å². The molecule has 0 amide bonds. The third kappa shape index (κ3) is 3.61. The molecule has 0 atom stereocenters. The highest BCUT2D eigenvalue weighted by Gasteiger charge is 1.97. The van der Waals surface area contributed by atoms with E-state index in [1.807, 2.05) is 12.1 Å². The third-order valence-corrected chi connectivity index (χ3v) is 2.47. The van der Waals surface area contributed by atoms with E-state index in [2.05, 4.69) is 43.3 Å². The van der Waals surface area contributed by atoms with Crippen LogP contribution in [-0.4, -0.2) is 19.3 Å². The van der Waals surface area contributed by atoms with Crippen molar-refractivity contribution in [2.45, 2.75) is 6.92 Å². The highest BCUT2D eigenvalue weighted by atomic mass is 16.5. The first-order valence-electron chi connectivity index (χ1n) is 5.45. The standard InChI is InChI=1S/C14H14O.CH4O/c1-11-3-5-12(6-4-11)13-7-9-14(15-2)10-8-13;1-2/h3-10H,1-2H3;2H,1H3. The van der Waals surface area contributed by atoms with Crippen molar-refractivity contribution in [3.63, 3.8) is 0 Å². The maximum absolute atomic E-state index is 7.00. The van der Waals surface area contributed by atoms with Crippen molar-refractivity contribution < 1.29 is 9.84 Å². The monoisotopic (exact) mass is 230 g/mol. The van der Waals surface area contributed by atoms with Crippen LogP contribution in [0.2, 0.25) is 0 Å². The summed E-state index contributed by atoms with van der Waals surface area (Å²) in [4.78, 5) is 0. The van der Waals surface area contributed by atoms with Crippen LogP contribution in [0.3, 0.4) is 0 Å². The molecule has 0 saturated heterocycles. The first kappa shape index (κ1) is 13.3. The van der Waals surface area contributed by atoms with Gasteiger partial charge in [0.05, 0.1) is 7.11 Å². The number of hydrogen-bond acceptors (Lipinski definition) is 2. The fourth-order valence-electron chi connectivity index (χ4n) is 1.53. The molecule has 90 valence electrons. The number of hydrogen-bond donors (Lipinski definition) is 1. The average Bonchev–Trinajstić information content (AvgIpc) is 2.42. The molecular weight excluding hydrogens is 212 g/mol. The third-order valence-electron chi connectivity index (χ3n) is 2.47. The number of aliphatic hydroxyl groups excluding tert-OH is 1. The molecule has 2 heteroatoms. The summed E-state index contributed by atoms with van der Waals surface area (Å²) in [6.07, 6.45) is 0. The fraction of sp³-hybridized carbons (Fsp3) is 0.200. The molecule has 0 aliphatic heterocycles. The van der Waals surface area contributed by atoms with E-state index in [-0.39, 0.29) is 0 Å². The van der Waals surface area contributed by atoms with Gasteiger partial charge in [0, 0.05) is 7.11 Å². The van der Waals surface area contributed by atoms with Crippen LogP contribution in [0.15, 0.2) is 48.5 Å². The van der Waals surface area contributed by atoms with Crippen LogP contribution in [0.4, 0.5) is 0 Å². The van der Waals surface area contributed by atoms with Gasteiger partial charge in [0.25, 0.3) is 0 Å². The molecule has 0 radical (unpaired) electrons. The molecule has 2 aromatic carbocycles. The van der Waals surface area contributed by atoms with Crippen molar-refractivity contribution in [3.05, 3.63) is 54.1 Å². The second-order valence-corrected chi connectivity index (χ2v) is 3.59. The lowest BCUT2D eigenvalue weighted by Gasteiger charge is -2.03. The van der Waals surface area contributed by atoms with Gasteiger partial charge in [0.2, 0.25) is 0 Å². The van der Waals surface area contributed by atoms with Crippen LogP contribution in [0.1, 0.15) is 5.56 Å². The van der Waals surface area contributed by atoms with Crippen molar-refractivity contribution in [1.82, 2.24) is 0 Å². The predicted molar refractivity (Wildman–Crippen MR) is 71.3 cm³/mol. The molecule has 2 nitrogen and oxygen atoms in total. The van der Waals surface area contributed by atoms with Crippen molar-refractivity contribution in [1.29, 1.82) is 0 Å². The Morgan fingerprint density at radius 1 is 0.765 bits per heavy atom. The van der Waals surface area contributed by atoms with Gasteiger partial charge >= 0.3 is 0 Å². The molecule has 0 fully saturated rings. The van der Waals surface area contributed by atoms with E-state index in [0.717, 1.165) is 12.9 Å². The van der Waals surface area contributed by atoms with Crippen LogP contribution < -0.4 is 4.74 Å². The summed E-state index contributed by atoms with van der Waals surface area (Å²) in [6.45, 7) is 2.10. The summed E-state index contributed by atoms with van der Waals surface area (Å²) < 4.78 is 5.12. The minimum Gasteiger partial charge on any atom is -0.497 e. The maximum atomic E-state index is 7.00. The first-order valence-corrected chi connectivity index (χ1v) is 5.45. The SMILES string of the molecule is CO.COc1ccc(-c2ccc(C)cc2)cc1. The highest BCUT2D eigenvalue weighted by molar-refractivity contribution is 5.64. The van der Waals surface area contributed by atoms with Gasteiger partial charge in [-0.1, -0.05) is 42.0 Å². The fourth-order valence-corrected chi connectivity index (χ4v) is 1.53. The van der Waals surface area contributed by atoms with Gasteiger partial charge in [-0.15, -0.1) is 0 Å². The van der Waals surface area contributed by atoms with Gasteiger partial charge in [-0.25, -0.2) is 0 Å². The molecule has 0 heterocycles. The topological polar surface area (TPSA) is 29.5 Å². The smallest absolute Gasteiger partial charge is 0.118 e. The predicted octanol–water partition coefficient (Wildman–Crippen LogP) is 3.28. The summed E-state index contributed by atoms with van der Waals surface area (Å²) in [7, 11) is 2.68. The van der Waals surface area contributed by atoms with Crippen molar-refractivity contribution in [2.75, 3.05) is 14.2 Å². The number of aliphatic hydroxyl groups is 1. The average molecular weight is 230 g/mol. The minimum absolute atomic E-state index is 0.894. The second kappa shape index (κ2) is 6.71. The van der Waals surface area contributed by atoms with Gasteiger partial charge in [-0.2, -0.15) is 0 Å². The zero-order valence-corrected chi connectivity index (χ0v) is 10.5. The molecule has 0 unspecified atom stereocenters. The molecule has 0 aliphatic carbocycles. The Bertz CT molecular complexity index is 429. The summed E-state index contributed by atoms with van der Waals surface area (Å²) in [5.41, 5.74) is 3.74. The normalized spacial score (nSPS) is 9.18. The van der Waals surface area contributed by atoms with Crippen molar-refractivity contribution in [3.8, 4) is 16.9 Å². The van der Waals surface area contributed by atoms with E-state index >= 15 is 0 Å². The Labute approximate surface area is 102 Å². The van der Waals surface area contributed by atoms with E-state index in [9.17, 15) is 0 Å². The van der Waals surface area contributed by atoms with E-state index in [1.165, 1.54) is 16.7 Å². The molecule has 2 aromatic rings. The molecule has 0 spiro atoms. The molecule has 0 saturated carbocycles. The summed E-state index contributed by atoms with van der Waals surface area (Å²) in [5, 5.41) is 7.00. The van der Waals surface area contributed by atoms with E-state index in [0.29, 0.717) is 0 Å². The molecule has 0 bridgehead atoms. The Morgan fingerprint density at radius 2 is 1.18 bits per heavy atom. The number of aryl methyl sites for hydroxylation is 1. The van der Waals surface area contributed by atoms with Crippen LogP contribution in [0.5, 0.6) is 5.75 Å². The van der Waals surface area contributed by atoms with Crippen LogP contribution in [-0.2, 0) is 0 Å². The van der Waals surface area contributed by atoms with Gasteiger partial charge in [0.15, 0.2) is 0 Å². The first-order chi connectivity index (χ1) is 8.29. The van der Waals surface area contributed by atoms with Gasteiger partial charge < -0.3 is 9.84 Å². The lowest BCUT2D eigenvalue weighted by molar-refractivity contribution is 0.399. The molecule has 1 N–H and O–H groups in total. The summed E-state index contributed by atoms with van der Waals surface area (Å²) in [6, 6.07) is 16.6. The largest absolute Gasteiger partial charge is 0.497 e. The van der Waals surface area contributed by atoms with E-state index in [1.54, 1.807) is 7.11 Å². The Hall–Kier alpha value is -1.80. The number of ether oxygens (including phenoxy) is 1. The van der Waals surface area contributed by atoms with Crippen LogP contribution in [0.25, 0.3) is 11.1 Å². The second-order valence-electron chi connectivity index (χ2n) is 3.59. The molecule has 0 aliphatic rings. The number of methoxy groups -OCH3 is 1. The van der Waals surface area contributed by atoms with E-state index < -0.39 is 0 Å². The van der Waals surface area contributed by atoms with Crippen LogP contribution >= 0.6 is 0 Å². The van der Waals surface area contributed by atoms with Gasteiger partial charge in [-0.05, 0) is 30.2 Å². The summed E-state index contributed by atoms with van der Waals surface area (Å²) in [5.74, 6) is 0.894. The Morgan fingerprint density at radius 3 is 1.59 bits per heavy atom. The summed E-state index contributed by atoms with van der Waals surface area (Å²) >= 11 is 0. The zero-order valence-electron chi connectivity index (χ0n) is 10.5. The quantitative estimate of drug-likeness (QED) is 0.858. The number of rotatable bonds is 2. The maximum Gasteiger partial charge on any atom is 0.118 e. The number of benzene rings is 2. The lowest BCUT2D eigenvalue weighted by Crippen LogP contribution is -1.82. The highest BCUT2D eigenvalue weighted by Crippen LogP contribution is 2.22. The zero-order chi connectivity index (χ0) is 12.7. The van der Waals surface area contributed by atoms with Gasteiger partial charge in [0.1, 0.15) is 5.75 Å². The Kier molecular flexibility index (Phi) is 5.24. The molecule has 17 heavy (non-hydrogen) atoms. The lowest BCUT2D eigenvalue weighted by atomic mass is 10.0. The van der Waals surface area contributed by atoms with Crippen molar-refractivity contribution >= 4 is 0 Å². The molecule has 0 aromatic heterocycles. The van der Waals surface area contributed by atoms with Crippen LogP contribution in [0, 0.1) is 6.92 Å². The molecular formula is C15H18O2. The van der Waals surface area contributed by atoms with Gasteiger partial charge in [-0.3, -0.25) is 0 Å². The minimum atomic E-state index is 0.894. The Balaban J connectivity index is 0.000000686.